The zero-order valence-corrected chi connectivity index (χ0v) is 23.4. The second-order valence-electron chi connectivity index (χ2n) is 10.1. The molecule has 202 valence electrons. The van der Waals surface area contributed by atoms with Crippen LogP contribution in [0.4, 0.5) is 5.69 Å². The molecule has 0 atom stereocenters. The molecule has 0 spiro atoms. The fourth-order valence-corrected chi connectivity index (χ4v) is 5.58. The van der Waals surface area contributed by atoms with Crippen LogP contribution in [-0.2, 0) is 6.42 Å². The number of amides is 2. The predicted octanol–water partition coefficient (Wildman–Crippen LogP) is 3.56. The Balaban J connectivity index is 1.25. The van der Waals surface area contributed by atoms with Crippen LogP contribution in [0.25, 0.3) is 11.0 Å². The van der Waals surface area contributed by atoms with E-state index in [1.165, 1.54) is 11.5 Å². The standard InChI is InChI=1S/C29H33N7O2S/c1-20-27(26(39-33-20)18-23-19-30-24-9-4-5-10-25(24)31-23)28(37)32-22-8-6-7-21(17-22)29(38)36-15-13-35(14-16-36)12-11-34(2)3/h4-10,17,19H,11-16,18H2,1-3H3,(H,32,37). The van der Waals surface area contributed by atoms with Gasteiger partial charge in [0.15, 0.2) is 0 Å². The highest BCUT2D eigenvalue weighted by Gasteiger charge is 2.23. The molecule has 1 N–H and O–H groups in total. The van der Waals surface area contributed by atoms with Gasteiger partial charge in [0, 0.05) is 68.0 Å². The van der Waals surface area contributed by atoms with Crippen molar-refractivity contribution in [1.82, 2.24) is 29.0 Å². The van der Waals surface area contributed by atoms with E-state index in [9.17, 15) is 9.59 Å². The fourth-order valence-electron chi connectivity index (χ4n) is 4.70. The Kier molecular flexibility index (Phi) is 8.25. The van der Waals surface area contributed by atoms with Crippen LogP contribution in [0, 0.1) is 6.92 Å². The van der Waals surface area contributed by atoms with Gasteiger partial charge in [0.05, 0.1) is 28.0 Å². The summed E-state index contributed by atoms with van der Waals surface area (Å²) in [6, 6.07) is 14.9. The van der Waals surface area contributed by atoms with Crippen LogP contribution in [0.3, 0.4) is 0 Å². The number of nitrogens with zero attached hydrogens (tertiary/aromatic N) is 6. The monoisotopic (exact) mass is 543 g/mol. The van der Waals surface area contributed by atoms with Crippen LogP contribution < -0.4 is 5.32 Å². The average molecular weight is 544 g/mol. The maximum absolute atomic E-state index is 13.4. The van der Waals surface area contributed by atoms with Gasteiger partial charge in [0.2, 0.25) is 0 Å². The van der Waals surface area contributed by atoms with Gasteiger partial charge in [-0.05, 0) is 62.9 Å². The Morgan fingerprint density at radius 3 is 2.56 bits per heavy atom. The second-order valence-corrected chi connectivity index (χ2v) is 10.9. The lowest BCUT2D eigenvalue weighted by Gasteiger charge is -2.35. The summed E-state index contributed by atoms with van der Waals surface area (Å²) in [6.07, 6.45) is 2.21. The van der Waals surface area contributed by atoms with Crippen molar-refractivity contribution in [2.75, 3.05) is 58.7 Å². The Labute approximate surface area is 232 Å². The molecule has 0 saturated carbocycles. The van der Waals surface area contributed by atoms with E-state index in [4.69, 9.17) is 4.98 Å². The molecule has 5 rings (SSSR count). The van der Waals surface area contributed by atoms with Crippen LogP contribution in [0.5, 0.6) is 0 Å². The van der Waals surface area contributed by atoms with Crippen molar-refractivity contribution in [3.63, 3.8) is 0 Å². The predicted molar refractivity (Wildman–Crippen MR) is 154 cm³/mol. The van der Waals surface area contributed by atoms with Gasteiger partial charge in [-0.15, -0.1) is 0 Å². The lowest BCUT2D eigenvalue weighted by atomic mass is 10.1. The summed E-state index contributed by atoms with van der Waals surface area (Å²) < 4.78 is 4.44. The Hall–Kier alpha value is -3.73. The number of anilines is 1. The average Bonchev–Trinajstić information content (AvgIpc) is 3.31. The van der Waals surface area contributed by atoms with Crippen LogP contribution in [0.15, 0.2) is 54.7 Å². The zero-order chi connectivity index (χ0) is 27.4. The Bertz CT molecular complexity index is 1480. The number of carbonyl (C=O) groups is 2. The fraction of sp³-hybridized carbons (Fsp3) is 0.345. The molecule has 1 fully saturated rings. The first-order valence-corrected chi connectivity index (χ1v) is 13.9. The molecule has 1 aliphatic heterocycles. The first kappa shape index (κ1) is 26.9. The minimum atomic E-state index is -0.246. The van der Waals surface area contributed by atoms with Gasteiger partial charge in [-0.3, -0.25) is 19.5 Å². The lowest BCUT2D eigenvalue weighted by molar-refractivity contribution is 0.0629. The summed E-state index contributed by atoms with van der Waals surface area (Å²) in [5.74, 6) is -0.258. The number of piperazine rings is 1. The number of fused-ring (bicyclic) bond motifs is 1. The maximum Gasteiger partial charge on any atom is 0.258 e. The second kappa shape index (κ2) is 12.0. The van der Waals surface area contributed by atoms with Gasteiger partial charge in [-0.25, -0.2) is 4.98 Å². The number of hydrogen-bond acceptors (Lipinski definition) is 8. The van der Waals surface area contributed by atoms with Crippen molar-refractivity contribution in [2.24, 2.45) is 0 Å². The third-order valence-corrected chi connectivity index (χ3v) is 7.82. The number of nitrogens with one attached hydrogen (secondary N) is 1. The normalized spacial score (nSPS) is 14.2. The van der Waals surface area contributed by atoms with Crippen LogP contribution in [0.1, 0.15) is 37.0 Å². The van der Waals surface area contributed by atoms with Crippen molar-refractivity contribution < 1.29 is 9.59 Å². The van der Waals surface area contributed by atoms with E-state index < -0.39 is 0 Å². The molecule has 1 saturated heterocycles. The highest BCUT2D eigenvalue weighted by Crippen LogP contribution is 2.24. The van der Waals surface area contributed by atoms with E-state index in [2.05, 4.69) is 38.6 Å². The molecule has 2 aromatic carbocycles. The van der Waals surface area contributed by atoms with Gasteiger partial charge in [-0.2, -0.15) is 4.37 Å². The first-order chi connectivity index (χ1) is 18.9. The molecule has 10 heteroatoms. The third kappa shape index (κ3) is 6.47. The van der Waals surface area contributed by atoms with Crippen molar-refractivity contribution in [1.29, 1.82) is 0 Å². The van der Waals surface area contributed by atoms with Crippen LogP contribution >= 0.6 is 11.5 Å². The molecule has 0 unspecified atom stereocenters. The van der Waals surface area contributed by atoms with E-state index in [0.29, 0.717) is 42.0 Å². The third-order valence-electron chi connectivity index (χ3n) is 6.89. The highest BCUT2D eigenvalue weighted by molar-refractivity contribution is 7.06. The van der Waals surface area contributed by atoms with E-state index >= 15 is 0 Å². The molecule has 4 aromatic rings. The molecule has 0 aliphatic carbocycles. The first-order valence-electron chi connectivity index (χ1n) is 13.1. The van der Waals surface area contributed by atoms with Crippen molar-refractivity contribution >= 4 is 40.1 Å². The molecular formula is C29H33N7O2S. The summed E-state index contributed by atoms with van der Waals surface area (Å²) in [5.41, 5.74) is 4.79. The summed E-state index contributed by atoms with van der Waals surface area (Å²) in [4.78, 5) is 43.0. The molecule has 9 nitrogen and oxygen atoms in total. The SMILES string of the molecule is Cc1nsc(Cc2cnc3ccccc3n2)c1C(=O)Nc1cccc(C(=O)N2CCN(CCN(C)C)CC2)c1. The Morgan fingerprint density at radius 1 is 1.03 bits per heavy atom. The number of aromatic nitrogens is 3. The van der Waals surface area contributed by atoms with Gasteiger partial charge in [-0.1, -0.05) is 18.2 Å². The number of hydrogen-bond donors (Lipinski definition) is 1. The molecule has 1 aliphatic rings. The quantitative estimate of drug-likeness (QED) is 0.363. The minimum absolute atomic E-state index is 0.0118. The number of likely N-dealkylation sites (N-methyl/N-ethyl adjacent to an activating group) is 1. The molecule has 39 heavy (non-hydrogen) atoms. The molecule has 0 bridgehead atoms. The summed E-state index contributed by atoms with van der Waals surface area (Å²) in [7, 11) is 4.14. The molecular weight excluding hydrogens is 510 g/mol. The summed E-state index contributed by atoms with van der Waals surface area (Å²) in [5, 5.41) is 2.98. The largest absolute Gasteiger partial charge is 0.336 e. The van der Waals surface area contributed by atoms with Gasteiger partial charge in [0.1, 0.15) is 0 Å². The van der Waals surface area contributed by atoms with E-state index in [0.717, 1.165) is 47.8 Å². The van der Waals surface area contributed by atoms with Gasteiger partial charge >= 0.3 is 0 Å². The number of aryl methyl sites for hydroxylation is 1. The number of rotatable bonds is 8. The van der Waals surface area contributed by atoms with Gasteiger partial charge in [0.25, 0.3) is 11.8 Å². The van der Waals surface area contributed by atoms with Crippen LogP contribution in [0.2, 0.25) is 0 Å². The molecule has 0 radical (unpaired) electrons. The van der Waals surface area contributed by atoms with Gasteiger partial charge < -0.3 is 15.1 Å². The van der Waals surface area contributed by atoms with E-state index in [-0.39, 0.29) is 11.8 Å². The van der Waals surface area contributed by atoms with E-state index in [1.807, 2.05) is 36.1 Å². The van der Waals surface area contributed by atoms with Crippen molar-refractivity contribution in [3.05, 3.63) is 82.1 Å². The van der Waals surface area contributed by atoms with Crippen molar-refractivity contribution in [2.45, 2.75) is 13.3 Å². The Morgan fingerprint density at radius 2 is 1.79 bits per heavy atom. The summed E-state index contributed by atoms with van der Waals surface area (Å²) in [6.45, 7) is 6.97. The van der Waals surface area contributed by atoms with Crippen LogP contribution in [-0.4, -0.2) is 94.2 Å². The molecule has 3 heterocycles. The minimum Gasteiger partial charge on any atom is -0.336 e. The van der Waals surface area contributed by atoms with Crippen molar-refractivity contribution in [3.8, 4) is 0 Å². The number of benzene rings is 2. The summed E-state index contributed by atoms with van der Waals surface area (Å²) >= 11 is 1.30. The smallest absolute Gasteiger partial charge is 0.258 e. The number of carbonyl (C=O) groups excluding carboxylic acids is 2. The number of para-hydroxylation sites is 2. The molecule has 2 amide bonds. The van der Waals surface area contributed by atoms with E-state index in [1.54, 1.807) is 30.5 Å². The molecule has 2 aromatic heterocycles. The highest BCUT2D eigenvalue weighted by atomic mass is 32.1. The maximum atomic E-state index is 13.4. The zero-order valence-electron chi connectivity index (χ0n) is 22.6. The topological polar surface area (TPSA) is 94.6 Å². The lowest BCUT2D eigenvalue weighted by Crippen LogP contribution is -2.49.